The third kappa shape index (κ3) is 4.55. The Morgan fingerprint density at radius 2 is 2.03 bits per heavy atom. The van der Waals surface area contributed by atoms with E-state index in [1.807, 2.05) is 24.3 Å². The highest BCUT2D eigenvalue weighted by Gasteiger charge is 2.22. The van der Waals surface area contributed by atoms with Gasteiger partial charge in [-0.15, -0.1) is 0 Å². The third-order valence-corrected chi connectivity index (χ3v) is 6.23. The largest absolute Gasteiger partial charge is 0.382 e. The molecule has 5 N–H and O–H groups in total. The smallest absolute Gasteiger partial charge is 0.315 e. The molecule has 2 amide bonds. The first-order valence-corrected chi connectivity index (χ1v) is 11.5. The number of nitrogen functional groups attached to an aromatic ring is 1. The minimum Gasteiger partial charge on any atom is -0.382 e. The summed E-state index contributed by atoms with van der Waals surface area (Å²) in [5.41, 5.74) is 14.6. The number of para-hydroxylation sites is 1. The number of pyridine rings is 1. The normalized spacial score (nSPS) is 15.2. The molecule has 0 radical (unpaired) electrons. The number of allylic oxidation sites excluding steroid dienone is 1. The molecule has 0 aliphatic carbocycles. The van der Waals surface area contributed by atoms with Crippen LogP contribution in [0.25, 0.3) is 21.9 Å². The summed E-state index contributed by atoms with van der Waals surface area (Å²) >= 11 is 0. The van der Waals surface area contributed by atoms with E-state index in [1.165, 1.54) is 0 Å². The van der Waals surface area contributed by atoms with Crippen molar-refractivity contribution in [3.05, 3.63) is 42.2 Å². The van der Waals surface area contributed by atoms with Gasteiger partial charge in [-0.05, 0) is 38.4 Å². The average molecular weight is 436 g/mol. The summed E-state index contributed by atoms with van der Waals surface area (Å²) in [6.07, 6.45) is 9.04. The number of nitrogens with one attached hydrogen (secondary N) is 1. The van der Waals surface area contributed by atoms with Crippen molar-refractivity contribution in [2.24, 2.45) is 5.73 Å². The molecule has 32 heavy (non-hydrogen) atoms. The first kappa shape index (κ1) is 22.1. The number of primary amides is 1. The van der Waals surface area contributed by atoms with E-state index in [1.54, 1.807) is 4.90 Å². The molecule has 2 aromatic heterocycles. The van der Waals surface area contributed by atoms with Crippen LogP contribution in [-0.2, 0) is 13.0 Å². The summed E-state index contributed by atoms with van der Waals surface area (Å²) in [6, 6.07) is 7.88. The topological polar surface area (TPSA) is 115 Å². The van der Waals surface area contributed by atoms with Crippen molar-refractivity contribution in [1.29, 1.82) is 0 Å². The molecule has 4 rings (SSSR count). The number of hydrogen-bond donors (Lipinski definition) is 3. The van der Waals surface area contributed by atoms with Gasteiger partial charge in [-0.25, -0.2) is 14.8 Å². The van der Waals surface area contributed by atoms with Gasteiger partial charge >= 0.3 is 6.03 Å². The number of hydrogen-bond acceptors (Lipinski definition) is 5. The maximum absolute atomic E-state index is 12.0. The van der Waals surface area contributed by atoms with Crippen LogP contribution in [0.15, 0.2) is 36.4 Å². The molecule has 1 aliphatic heterocycles. The fourth-order valence-electron chi connectivity index (χ4n) is 4.53. The Morgan fingerprint density at radius 3 is 2.78 bits per heavy atom. The lowest BCUT2D eigenvalue weighted by molar-refractivity contribution is 0.176. The molecule has 1 aromatic carbocycles. The van der Waals surface area contributed by atoms with Gasteiger partial charge in [-0.1, -0.05) is 43.7 Å². The lowest BCUT2D eigenvalue weighted by Gasteiger charge is -2.32. The van der Waals surface area contributed by atoms with Crippen LogP contribution in [-0.4, -0.2) is 51.1 Å². The van der Waals surface area contributed by atoms with Crippen molar-refractivity contribution in [2.75, 3.05) is 25.4 Å². The number of aromatic nitrogens is 3. The number of nitrogens with zero attached hydrogens (tertiary/aromatic N) is 4. The molecule has 8 heteroatoms. The molecule has 3 aromatic rings. The van der Waals surface area contributed by atoms with E-state index in [9.17, 15) is 4.79 Å². The highest BCUT2D eigenvalue weighted by molar-refractivity contribution is 6.06. The van der Waals surface area contributed by atoms with Crippen LogP contribution in [0, 0.1) is 0 Å². The Balaban J connectivity index is 1.62. The standard InChI is InChI=1S/C24H33N7O/c1-2-3-10-20-29-21-22(18-8-4-5-9-19(18)28-23(21)25)31(20)16-7-6-15-30(24(26)32)17-11-13-27-14-12-17/h4-9,17,27H,2-3,10-16H2,1H3,(H2,25,28)(H2,26,32)/b7-6+. The van der Waals surface area contributed by atoms with Gasteiger partial charge in [0, 0.05) is 30.9 Å². The second-order valence-corrected chi connectivity index (χ2v) is 8.40. The van der Waals surface area contributed by atoms with Crippen LogP contribution < -0.4 is 16.8 Å². The predicted molar refractivity (Wildman–Crippen MR) is 129 cm³/mol. The number of piperidine rings is 1. The van der Waals surface area contributed by atoms with Gasteiger partial charge in [0.2, 0.25) is 0 Å². The number of imidazole rings is 1. The van der Waals surface area contributed by atoms with Crippen molar-refractivity contribution in [3.63, 3.8) is 0 Å². The van der Waals surface area contributed by atoms with E-state index in [2.05, 4.69) is 33.9 Å². The van der Waals surface area contributed by atoms with Crippen LogP contribution in [0.4, 0.5) is 10.6 Å². The van der Waals surface area contributed by atoms with Crippen molar-refractivity contribution >= 4 is 33.8 Å². The average Bonchev–Trinajstić information content (AvgIpc) is 3.17. The maximum Gasteiger partial charge on any atom is 0.315 e. The number of rotatable bonds is 8. The zero-order valence-electron chi connectivity index (χ0n) is 18.8. The number of aryl methyl sites for hydroxylation is 1. The van der Waals surface area contributed by atoms with Gasteiger partial charge in [0.05, 0.1) is 11.0 Å². The fourth-order valence-corrected chi connectivity index (χ4v) is 4.53. The lowest BCUT2D eigenvalue weighted by Crippen LogP contribution is -2.48. The molecule has 0 bridgehead atoms. The molecule has 0 spiro atoms. The van der Waals surface area contributed by atoms with Gasteiger partial charge in [-0.2, -0.15) is 0 Å². The molecular formula is C24H33N7O. The van der Waals surface area contributed by atoms with Crippen molar-refractivity contribution < 1.29 is 4.79 Å². The maximum atomic E-state index is 12.0. The highest BCUT2D eigenvalue weighted by Crippen LogP contribution is 2.29. The van der Waals surface area contributed by atoms with Crippen LogP contribution >= 0.6 is 0 Å². The monoisotopic (exact) mass is 435 g/mol. The summed E-state index contributed by atoms with van der Waals surface area (Å²) < 4.78 is 2.24. The molecule has 0 unspecified atom stereocenters. The van der Waals surface area contributed by atoms with Crippen molar-refractivity contribution in [2.45, 2.75) is 51.6 Å². The second kappa shape index (κ2) is 9.99. The van der Waals surface area contributed by atoms with Crippen molar-refractivity contribution in [3.8, 4) is 0 Å². The summed E-state index contributed by atoms with van der Waals surface area (Å²) in [7, 11) is 0. The third-order valence-electron chi connectivity index (χ3n) is 6.23. The predicted octanol–water partition coefficient (Wildman–Crippen LogP) is 3.20. The van der Waals surface area contributed by atoms with Gasteiger partial charge < -0.3 is 26.3 Å². The number of nitrogens with two attached hydrogens (primary N) is 2. The summed E-state index contributed by atoms with van der Waals surface area (Å²) in [4.78, 5) is 23.2. The molecular weight excluding hydrogens is 402 g/mol. The molecule has 3 heterocycles. The van der Waals surface area contributed by atoms with E-state index >= 15 is 0 Å². The lowest BCUT2D eigenvalue weighted by atomic mass is 10.1. The Hall–Kier alpha value is -3.13. The Bertz CT molecular complexity index is 1110. The quantitative estimate of drug-likeness (QED) is 0.470. The summed E-state index contributed by atoms with van der Waals surface area (Å²) in [5, 5.41) is 4.38. The van der Waals surface area contributed by atoms with E-state index in [0.717, 1.165) is 73.0 Å². The fraction of sp³-hybridized carbons (Fsp3) is 0.458. The zero-order valence-corrected chi connectivity index (χ0v) is 18.8. The molecule has 0 saturated carbocycles. The first-order chi connectivity index (χ1) is 15.6. The van der Waals surface area contributed by atoms with Gasteiger partial charge in [0.1, 0.15) is 11.3 Å². The highest BCUT2D eigenvalue weighted by atomic mass is 16.2. The zero-order chi connectivity index (χ0) is 22.5. The van der Waals surface area contributed by atoms with E-state index in [4.69, 9.17) is 16.5 Å². The van der Waals surface area contributed by atoms with E-state index < -0.39 is 0 Å². The summed E-state index contributed by atoms with van der Waals surface area (Å²) in [6.45, 7) is 5.19. The summed E-state index contributed by atoms with van der Waals surface area (Å²) in [5.74, 6) is 1.48. The van der Waals surface area contributed by atoms with Gasteiger partial charge in [0.25, 0.3) is 0 Å². The van der Waals surface area contributed by atoms with Crippen LogP contribution in [0.3, 0.4) is 0 Å². The minimum absolute atomic E-state index is 0.197. The Labute approximate surface area is 188 Å². The number of fused-ring (bicyclic) bond motifs is 3. The number of carbonyl (C=O) groups excluding carboxylic acids is 1. The molecule has 0 atom stereocenters. The number of anilines is 1. The van der Waals surface area contributed by atoms with Crippen LogP contribution in [0.1, 0.15) is 38.4 Å². The Kier molecular flexibility index (Phi) is 6.90. The molecule has 170 valence electrons. The molecule has 1 fully saturated rings. The number of carbonyl (C=O) groups is 1. The van der Waals surface area contributed by atoms with Crippen LogP contribution in [0.2, 0.25) is 0 Å². The SMILES string of the molecule is CCCCc1nc2c(N)nc3ccccc3c2n1C/C=C/CN(C(N)=O)C1CCNCC1. The van der Waals surface area contributed by atoms with E-state index in [-0.39, 0.29) is 12.1 Å². The van der Waals surface area contributed by atoms with E-state index in [0.29, 0.717) is 18.9 Å². The minimum atomic E-state index is -0.358. The second-order valence-electron chi connectivity index (χ2n) is 8.40. The van der Waals surface area contributed by atoms with Crippen LogP contribution in [0.5, 0.6) is 0 Å². The van der Waals surface area contributed by atoms with Gasteiger partial charge in [0.15, 0.2) is 5.82 Å². The first-order valence-electron chi connectivity index (χ1n) is 11.5. The number of amides is 2. The van der Waals surface area contributed by atoms with Crippen molar-refractivity contribution in [1.82, 2.24) is 24.8 Å². The number of benzene rings is 1. The Morgan fingerprint density at radius 1 is 1.25 bits per heavy atom. The number of urea groups is 1. The number of unbranched alkanes of at least 4 members (excludes halogenated alkanes) is 1. The molecule has 1 aliphatic rings. The molecule has 1 saturated heterocycles. The van der Waals surface area contributed by atoms with Gasteiger partial charge in [-0.3, -0.25) is 0 Å². The molecule has 8 nitrogen and oxygen atoms in total.